The molecule has 0 atom stereocenters. The molecular formula is C20H21NO4. The average Bonchev–Trinajstić information content (AvgIpc) is 2.58. The number of carbonyl (C=O) groups is 2. The lowest BCUT2D eigenvalue weighted by atomic mass is 9.70. The van der Waals surface area contributed by atoms with Crippen molar-refractivity contribution in [3.63, 3.8) is 0 Å². The lowest BCUT2D eigenvalue weighted by Gasteiger charge is -2.35. The largest absolute Gasteiger partial charge is 0.496 e. The second-order valence-electron chi connectivity index (χ2n) is 6.42. The molecule has 0 aliphatic heterocycles. The fourth-order valence-corrected chi connectivity index (χ4v) is 3.32. The zero-order valence-corrected chi connectivity index (χ0v) is 14.1. The second kappa shape index (κ2) is 7.38. The molecule has 0 aromatic heterocycles. The molecule has 2 aromatic rings. The Labute approximate surface area is 146 Å². The summed E-state index contributed by atoms with van der Waals surface area (Å²) in [6.07, 6.45) is 2.53. The number of carboxylic acids is 1. The van der Waals surface area contributed by atoms with E-state index in [1.807, 2.05) is 18.2 Å². The van der Waals surface area contributed by atoms with Crippen LogP contribution in [0.25, 0.3) is 0 Å². The van der Waals surface area contributed by atoms with Gasteiger partial charge in [0.15, 0.2) is 0 Å². The lowest BCUT2D eigenvalue weighted by molar-refractivity contribution is -0.117. The van der Waals surface area contributed by atoms with E-state index in [2.05, 4.69) is 17.4 Å². The SMILES string of the molecule is COc1cc(NC(=O)CC2CC(c3ccccc3)C2)ccc1C(=O)O. The van der Waals surface area contributed by atoms with Gasteiger partial charge < -0.3 is 15.2 Å². The highest BCUT2D eigenvalue weighted by molar-refractivity contribution is 5.94. The van der Waals surface area contributed by atoms with E-state index in [0.717, 1.165) is 12.8 Å². The minimum Gasteiger partial charge on any atom is -0.496 e. The number of aromatic carboxylic acids is 1. The van der Waals surface area contributed by atoms with Gasteiger partial charge in [0.2, 0.25) is 5.91 Å². The Balaban J connectivity index is 1.53. The summed E-state index contributed by atoms with van der Waals surface area (Å²) in [7, 11) is 1.41. The van der Waals surface area contributed by atoms with Gasteiger partial charge in [-0.05, 0) is 42.4 Å². The summed E-state index contributed by atoms with van der Waals surface area (Å²) in [5.41, 5.74) is 1.96. The van der Waals surface area contributed by atoms with Gasteiger partial charge in [0.25, 0.3) is 0 Å². The van der Waals surface area contributed by atoms with Gasteiger partial charge in [-0.25, -0.2) is 4.79 Å². The molecule has 5 nitrogen and oxygen atoms in total. The lowest BCUT2D eigenvalue weighted by Crippen LogP contribution is -2.26. The number of benzene rings is 2. The number of carboxylic acid groups (broad SMARTS) is 1. The van der Waals surface area contributed by atoms with E-state index in [-0.39, 0.29) is 17.2 Å². The van der Waals surface area contributed by atoms with Crippen LogP contribution in [0, 0.1) is 5.92 Å². The van der Waals surface area contributed by atoms with E-state index in [9.17, 15) is 9.59 Å². The van der Waals surface area contributed by atoms with Crippen LogP contribution in [0.2, 0.25) is 0 Å². The summed E-state index contributed by atoms with van der Waals surface area (Å²) in [5, 5.41) is 11.9. The van der Waals surface area contributed by atoms with Crippen molar-refractivity contribution in [1.82, 2.24) is 0 Å². The molecule has 1 amide bonds. The number of anilines is 1. The highest BCUT2D eigenvalue weighted by Crippen LogP contribution is 2.43. The third-order valence-electron chi connectivity index (χ3n) is 4.70. The summed E-state index contributed by atoms with van der Waals surface area (Å²) in [4.78, 5) is 23.3. The van der Waals surface area contributed by atoms with Gasteiger partial charge in [0.05, 0.1) is 7.11 Å². The van der Waals surface area contributed by atoms with Crippen LogP contribution in [0.1, 0.15) is 41.1 Å². The molecule has 130 valence electrons. The van der Waals surface area contributed by atoms with Crippen molar-refractivity contribution in [3.05, 3.63) is 59.7 Å². The average molecular weight is 339 g/mol. The predicted octanol–water partition coefficient (Wildman–Crippen LogP) is 3.92. The Bertz CT molecular complexity index is 767. The molecule has 3 rings (SSSR count). The highest BCUT2D eigenvalue weighted by atomic mass is 16.5. The van der Waals surface area contributed by atoms with Gasteiger partial charge in [0, 0.05) is 18.2 Å². The van der Waals surface area contributed by atoms with Gasteiger partial charge in [-0.1, -0.05) is 30.3 Å². The van der Waals surface area contributed by atoms with Crippen molar-refractivity contribution >= 4 is 17.6 Å². The maximum Gasteiger partial charge on any atom is 0.339 e. The Morgan fingerprint density at radius 3 is 2.52 bits per heavy atom. The number of hydrogen-bond acceptors (Lipinski definition) is 3. The molecular weight excluding hydrogens is 318 g/mol. The van der Waals surface area contributed by atoms with Crippen LogP contribution in [-0.2, 0) is 4.79 Å². The van der Waals surface area contributed by atoms with E-state index >= 15 is 0 Å². The molecule has 25 heavy (non-hydrogen) atoms. The zero-order valence-electron chi connectivity index (χ0n) is 14.1. The predicted molar refractivity (Wildman–Crippen MR) is 95.1 cm³/mol. The molecule has 1 saturated carbocycles. The summed E-state index contributed by atoms with van der Waals surface area (Å²) >= 11 is 0. The van der Waals surface area contributed by atoms with Crippen LogP contribution >= 0.6 is 0 Å². The number of ether oxygens (including phenoxy) is 1. The van der Waals surface area contributed by atoms with E-state index in [1.54, 1.807) is 6.07 Å². The first-order chi connectivity index (χ1) is 12.1. The smallest absolute Gasteiger partial charge is 0.339 e. The third-order valence-corrected chi connectivity index (χ3v) is 4.70. The fourth-order valence-electron chi connectivity index (χ4n) is 3.32. The topological polar surface area (TPSA) is 75.6 Å². The van der Waals surface area contributed by atoms with Crippen LogP contribution in [0.5, 0.6) is 5.75 Å². The minimum atomic E-state index is -1.06. The third kappa shape index (κ3) is 3.99. The molecule has 0 bridgehead atoms. The molecule has 1 fully saturated rings. The van der Waals surface area contributed by atoms with Crippen molar-refractivity contribution < 1.29 is 19.4 Å². The van der Waals surface area contributed by atoms with E-state index in [4.69, 9.17) is 9.84 Å². The number of methoxy groups -OCH3 is 1. The second-order valence-corrected chi connectivity index (χ2v) is 6.42. The highest BCUT2D eigenvalue weighted by Gasteiger charge is 2.31. The normalized spacial score (nSPS) is 18.9. The minimum absolute atomic E-state index is 0.0540. The van der Waals surface area contributed by atoms with E-state index < -0.39 is 5.97 Å². The number of hydrogen-bond donors (Lipinski definition) is 2. The van der Waals surface area contributed by atoms with Gasteiger partial charge in [-0.2, -0.15) is 0 Å². The monoisotopic (exact) mass is 339 g/mol. The van der Waals surface area contributed by atoms with Crippen LogP contribution in [-0.4, -0.2) is 24.1 Å². The van der Waals surface area contributed by atoms with Gasteiger partial charge in [-0.3, -0.25) is 4.79 Å². The Morgan fingerprint density at radius 1 is 1.16 bits per heavy atom. The molecule has 1 aliphatic carbocycles. The molecule has 0 radical (unpaired) electrons. The van der Waals surface area contributed by atoms with Gasteiger partial charge in [-0.15, -0.1) is 0 Å². The fraction of sp³-hybridized carbons (Fsp3) is 0.300. The standard InChI is InChI=1S/C20H21NO4/c1-25-18-12-16(7-8-17(18)20(23)24)21-19(22)11-13-9-15(10-13)14-5-3-2-4-6-14/h2-8,12-13,15H,9-11H2,1H3,(H,21,22)(H,23,24). The van der Waals surface area contributed by atoms with E-state index in [0.29, 0.717) is 23.9 Å². The summed E-state index contributed by atoms with van der Waals surface area (Å²) in [6, 6.07) is 14.9. The van der Waals surface area contributed by atoms with Crippen LogP contribution < -0.4 is 10.1 Å². The molecule has 2 N–H and O–H groups in total. The number of rotatable bonds is 6. The Morgan fingerprint density at radius 2 is 1.88 bits per heavy atom. The molecule has 2 aromatic carbocycles. The van der Waals surface area contributed by atoms with Crippen molar-refractivity contribution in [1.29, 1.82) is 0 Å². The molecule has 1 aliphatic rings. The quantitative estimate of drug-likeness (QED) is 0.836. The van der Waals surface area contributed by atoms with Crippen LogP contribution in [0.4, 0.5) is 5.69 Å². The summed E-state index contributed by atoms with van der Waals surface area (Å²) < 4.78 is 5.07. The number of nitrogens with one attached hydrogen (secondary N) is 1. The first-order valence-electron chi connectivity index (χ1n) is 8.33. The van der Waals surface area contributed by atoms with Crippen molar-refractivity contribution in [2.45, 2.75) is 25.2 Å². The molecule has 0 heterocycles. The zero-order chi connectivity index (χ0) is 17.8. The van der Waals surface area contributed by atoms with Crippen LogP contribution in [0.15, 0.2) is 48.5 Å². The summed E-state index contributed by atoms with van der Waals surface area (Å²) in [5.74, 6) is 0.0650. The maximum atomic E-state index is 12.2. The number of amides is 1. The Kier molecular flexibility index (Phi) is 5.03. The first kappa shape index (κ1) is 17.0. The molecule has 5 heteroatoms. The molecule has 0 spiro atoms. The number of carbonyl (C=O) groups excluding carboxylic acids is 1. The van der Waals surface area contributed by atoms with Gasteiger partial charge in [0.1, 0.15) is 11.3 Å². The molecule has 0 saturated heterocycles. The van der Waals surface area contributed by atoms with Gasteiger partial charge >= 0.3 is 5.97 Å². The first-order valence-corrected chi connectivity index (χ1v) is 8.33. The Hall–Kier alpha value is -2.82. The van der Waals surface area contributed by atoms with E-state index in [1.165, 1.54) is 24.8 Å². The maximum absolute atomic E-state index is 12.2. The van der Waals surface area contributed by atoms with Crippen molar-refractivity contribution in [2.24, 2.45) is 5.92 Å². The van der Waals surface area contributed by atoms with Crippen LogP contribution in [0.3, 0.4) is 0 Å². The van der Waals surface area contributed by atoms with Crippen molar-refractivity contribution in [2.75, 3.05) is 12.4 Å². The summed E-state index contributed by atoms with van der Waals surface area (Å²) in [6.45, 7) is 0. The van der Waals surface area contributed by atoms with Crippen molar-refractivity contribution in [3.8, 4) is 5.75 Å². The molecule has 0 unspecified atom stereocenters.